The smallest absolute Gasteiger partial charge is 0.0659 e. The highest BCUT2D eigenvalue weighted by atomic mass is 15.3. The minimum atomic E-state index is 0.693. The van der Waals surface area contributed by atoms with Crippen LogP contribution < -0.4 is 5.32 Å². The van der Waals surface area contributed by atoms with Gasteiger partial charge in [-0.2, -0.15) is 5.10 Å². The minimum Gasteiger partial charge on any atom is -0.310 e. The highest BCUT2D eigenvalue weighted by Gasteiger charge is 2.17. The molecule has 1 aliphatic carbocycles. The van der Waals surface area contributed by atoms with Crippen LogP contribution in [0.2, 0.25) is 0 Å². The van der Waals surface area contributed by atoms with Crippen molar-refractivity contribution < 1.29 is 0 Å². The number of hydrogen-bond donors (Lipinski definition) is 1. The quantitative estimate of drug-likeness (QED) is 0.908. The Balaban J connectivity index is 1.49. The average molecular weight is 283 g/mol. The lowest BCUT2D eigenvalue weighted by Gasteiger charge is -2.26. The van der Waals surface area contributed by atoms with Crippen molar-refractivity contribution in [2.45, 2.75) is 51.7 Å². The lowest BCUT2D eigenvalue weighted by atomic mass is 9.87. The fourth-order valence-corrected chi connectivity index (χ4v) is 3.08. The van der Waals surface area contributed by atoms with E-state index in [4.69, 9.17) is 0 Å². The number of hydrogen-bond acceptors (Lipinski definition) is 2. The summed E-state index contributed by atoms with van der Waals surface area (Å²) in [5.74, 6) is 0.914. The van der Waals surface area contributed by atoms with Crippen LogP contribution in [-0.4, -0.2) is 15.8 Å². The van der Waals surface area contributed by atoms with Gasteiger partial charge >= 0.3 is 0 Å². The lowest BCUT2D eigenvalue weighted by molar-refractivity contribution is 0.306. The molecular formula is C18H25N3. The number of aromatic nitrogens is 2. The van der Waals surface area contributed by atoms with E-state index in [-0.39, 0.29) is 0 Å². The summed E-state index contributed by atoms with van der Waals surface area (Å²) in [6.07, 6.45) is 9.52. The van der Waals surface area contributed by atoms with Crippen LogP contribution in [0.1, 0.15) is 43.7 Å². The summed E-state index contributed by atoms with van der Waals surface area (Å²) in [6, 6.07) is 11.2. The van der Waals surface area contributed by atoms with Gasteiger partial charge in [-0.15, -0.1) is 0 Å². The van der Waals surface area contributed by atoms with Crippen molar-refractivity contribution in [1.82, 2.24) is 15.1 Å². The molecule has 21 heavy (non-hydrogen) atoms. The summed E-state index contributed by atoms with van der Waals surface area (Å²) in [7, 11) is 0. The number of rotatable bonds is 5. The highest BCUT2D eigenvalue weighted by molar-refractivity contribution is 5.15. The van der Waals surface area contributed by atoms with E-state index < -0.39 is 0 Å². The fraction of sp³-hybridized carbons (Fsp3) is 0.500. The molecule has 1 saturated carbocycles. The Hall–Kier alpha value is -1.61. The third-order valence-electron chi connectivity index (χ3n) is 4.48. The summed E-state index contributed by atoms with van der Waals surface area (Å²) in [5.41, 5.74) is 2.57. The van der Waals surface area contributed by atoms with E-state index >= 15 is 0 Å². The first-order chi connectivity index (χ1) is 10.3. The van der Waals surface area contributed by atoms with Gasteiger partial charge in [0, 0.05) is 24.3 Å². The van der Waals surface area contributed by atoms with Gasteiger partial charge in [0.25, 0.3) is 0 Å². The van der Waals surface area contributed by atoms with Gasteiger partial charge in [-0.25, -0.2) is 0 Å². The molecular weight excluding hydrogens is 258 g/mol. The maximum absolute atomic E-state index is 4.46. The van der Waals surface area contributed by atoms with Crippen LogP contribution >= 0.6 is 0 Å². The molecule has 0 saturated heterocycles. The van der Waals surface area contributed by atoms with Crippen molar-refractivity contribution in [3.8, 4) is 0 Å². The summed E-state index contributed by atoms with van der Waals surface area (Å²) in [4.78, 5) is 0. The molecule has 0 amide bonds. The molecule has 0 aliphatic heterocycles. The third-order valence-corrected chi connectivity index (χ3v) is 4.48. The molecule has 1 aromatic carbocycles. The van der Waals surface area contributed by atoms with Gasteiger partial charge in [-0.1, -0.05) is 37.3 Å². The van der Waals surface area contributed by atoms with E-state index in [9.17, 15) is 0 Å². The molecule has 112 valence electrons. The monoisotopic (exact) mass is 283 g/mol. The first-order valence-corrected chi connectivity index (χ1v) is 8.08. The number of benzene rings is 1. The van der Waals surface area contributed by atoms with E-state index in [0.717, 1.165) is 19.0 Å². The van der Waals surface area contributed by atoms with Crippen LogP contribution in [0, 0.1) is 5.92 Å². The van der Waals surface area contributed by atoms with Crippen LogP contribution in [0.15, 0.2) is 42.7 Å². The van der Waals surface area contributed by atoms with Gasteiger partial charge in [0.2, 0.25) is 0 Å². The third kappa shape index (κ3) is 4.18. The van der Waals surface area contributed by atoms with Crippen molar-refractivity contribution in [3.63, 3.8) is 0 Å². The second kappa shape index (κ2) is 6.90. The van der Waals surface area contributed by atoms with Gasteiger partial charge in [-0.3, -0.25) is 4.68 Å². The lowest BCUT2D eigenvalue weighted by Crippen LogP contribution is -2.32. The summed E-state index contributed by atoms with van der Waals surface area (Å²) < 4.78 is 2.02. The SMILES string of the molecule is CC1CCC(NCc2cnn(Cc3ccccc3)c2)CC1. The van der Waals surface area contributed by atoms with Crippen molar-refractivity contribution in [2.75, 3.05) is 0 Å². The van der Waals surface area contributed by atoms with E-state index in [2.05, 4.69) is 47.8 Å². The Bertz CT molecular complexity index is 539. The number of nitrogens with zero attached hydrogens (tertiary/aromatic N) is 2. The Kier molecular flexibility index (Phi) is 4.71. The largest absolute Gasteiger partial charge is 0.310 e. The zero-order chi connectivity index (χ0) is 14.5. The van der Waals surface area contributed by atoms with Gasteiger partial charge in [-0.05, 0) is 37.2 Å². The van der Waals surface area contributed by atoms with Crippen molar-refractivity contribution in [2.24, 2.45) is 5.92 Å². The Morgan fingerprint density at radius 3 is 2.62 bits per heavy atom. The molecule has 1 aromatic heterocycles. The molecule has 1 N–H and O–H groups in total. The Labute approximate surface area is 127 Å². The predicted molar refractivity (Wildman–Crippen MR) is 86.0 cm³/mol. The second-order valence-electron chi connectivity index (χ2n) is 6.37. The zero-order valence-electron chi connectivity index (χ0n) is 12.8. The molecule has 0 atom stereocenters. The minimum absolute atomic E-state index is 0.693. The molecule has 3 rings (SSSR count). The van der Waals surface area contributed by atoms with Gasteiger partial charge in [0.05, 0.1) is 12.7 Å². The van der Waals surface area contributed by atoms with Gasteiger partial charge in [0.1, 0.15) is 0 Å². The molecule has 1 heterocycles. The summed E-state index contributed by atoms with van der Waals surface area (Å²) in [6.45, 7) is 4.15. The maximum Gasteiger partial charge on any atom is 0.0659 e. The topological polar surface area (TPSA) is 29.9 Å². The highest BCUT2D eigenvalue weighted by Crippen LogP contribution is 2.23. The molecule has 0 radical (unpaired) electrons. The van der Waals surface area contributed by atoms with Crippen molar-refractivity contribution in [3.05, 3.63) is 53.9 Å². The Morgan fingerprint density at radius 2 is 1.86 bits per heavy atom. The molecule has 3 heteroatoms. The average Bonchev–Trinajstić information content (AvgIpc) is 2.95. The van der Waals surface area contributed by atoms with Crippen LogP contribution in [-0.2, 0) is 13.1 Å². The molecule has 1 aliphatic rings. The molecule has 0 spiro atoms. The first kappa shape index (κ1) is 14.3. The van der Waals surface area contributed by atoms with Crippen LogP contribution in [0.25, 0.3) is 0 Å². The summed E-state index contributed by atoms with van der Waals surface area (Å²) >= 11 is 0. The molecule has 0 unspecified atom stereocenters. The zero-order valence-corrected chi connectivity index (χ0v) is 12.8. The molecule has 3 nitrogen and oxygen atoms in total. The van der Waals surface area contributed by atoms with Crippen LogP contribution in [0.5, 0.6) is 0 Å². The van der Waals surface area contributed by atoms with E-state index in [0.29, 0.717) is 6.04 Å². The standard InChI is InChI=1S/C18H25N3/c1-15-7-9-18(10-8-15)19-11-17-12-20-21(14-17)13-16-5-3-2-4-6-16/h2-6,12,14-15,18-19H,7-11,13H2,1H3. The predicted octanol–water partition coefficient (Wildman–Crippen LogP) is 3.60. The summed E-state index contributed by atoms with van der Waals surface area (Å²) in [5, 5.41) is 8.15. The van der Waals surface area contributed by atoms with E-state index in [1.54, 1.807) is 0 Å². The Morgan fingerprint density at radius 1 is 1.10 bits per heavy atom. The van der Waals surface area contributed by atoms with Crippen LogP contribution in [0.3, 0.4) is 0 Å². The van der Waals surface area contributed by atoms with Gasteiger partial charge in [0.15, 0.2) is 0 Å². The first-order valence-electron chi connectivity index (χ1n) is 8.08. The normalized spacial score (nSPS) is 22.3. The molecule has 2 aromatic rings. The van der Waals surface area contributed by atoms with Crippen molar-refractivity contribution in [1.29, 1.82) is 0 Å². The van der Waals surface area contributed by atoms with E-state index in [1.807, 2.05) is 16.9 Å². The number of nitrogens with one attached hydrogen (secondary N) is 1. The second-order valence-corrected chi connectivity index (χ2v) is 6.37. The molecule has 1 fully saturated rings. The van der Waals surface area contributed by atoms with Crippen molar-refractivity contribution >= 4 is 0 Å². The van der Waals surface area contributed by atoms with Gasteiger partial charge < -0.3 is 5.32 Å². The van der Waals surface area contributed by atoms with E-state index in [1.165, 1.54) is 36.8 Å². The molecule has 0 bridgehead atoms. The fourth-order valence-electron chi connectivity index (χ4n) is 3.08. The maximum atomic E-state index is 4.46. The van der Waals surface area contributed by atoms with Crippen LogP contribution in [0.4, 0.5) is 0 Å².